The first kappa shape index (κ1) is 18.7. The molecule has 1 N–H and O–H groups in total. The summed E-state index contributed by atoms with van der Waals surface area (Å²) in [5, 5.41) is 26.9. The highest BCUT2D eigenvalue weighted by atomic mass is 19.1. The second kappa shape index (κ2) is 7.09. The number of alkyl halides is 1. The molecule has 0 radical (unpaired) electrons. The van der Waals surface area contributed by atoms with Crippen molar-refractivity contribution in [1.29, 1.82) is 5.26 Å². The van der Waals surface area contributed by atoms with Gasteiger partial charge in [-0.25, -0.2) is 9.37 Å². The fraction of sp³-hybridized carbons (Fsp3) is 0.316. The van der Waals surface area contributed by atoms with Gasteiger partial charge in [-0.2, -0.15) is 9.65 Å². The van der Waals surface area contributed by atoms with Crippen molar-refractivity contribution in [1.82, 2.24) is 24.7 Å². The molecule has 1 fully saturated rings. The van der Waals surface area contributed by atoms with Gasteiger partial charge >= 0.3 is 0 Å². The lowest BCUT2D eigenvalue weighted by atomic mass is 9.91. The van der Waals surface area contributed by atoms with Crippen LogP contribution in [0.3, 0.4) is 0 Å². The van der Waals surface area contributed by atoms with Crippen molar-refractivity contribution in [2.45, 2.75) is 18.5 Å². The van der Waals surface area contributed by atoms with E-state index in [0.717, 1.165) is 0 Å². The fourth-order valence-electron chi connectivity index (χ4n) is 3.64. The van der Waals surface area contributed by atoms with Crippen molar-refractivity contribution in [2.24, 2.45) is 7.05 Å². The minimum absolute atomic E-state index is 0.158. The van der Waals surface area contributed by atoms with Gasteiger partial charge in [-0.15, -0.1) is 10.2 Å². The van der Waals surface area contributed by atoms with Crippen molar-refractivity contribution in [2.75, 3.05) is 18.0 Å². The lowest BCUT2D eigenvalue weighted by Gasteiger charge is -2.37. The Hall–Kier alpha value is -3.61. The number of halogens is 2. The number of aromatic nitrogens is 5. The lowest BCUT2D eigenvalue weighted by molar-refractivity contribution is 0.109. The van der Waals surface area contributed by atoms with Crippen molar-refractivity contribution in [3.05, 3.63) is 48.2 Å². The normalized spacial score (nSPS) is 15.9. The molecule has 1 saturated heterocycles. The Labute approximate surface area is 165 Å². The Bertz CT molecular complexity index is 1100. The van der Waals surface area contributed by atoms with Gasteiger partial charge in [0.25, 0.3) is 5.95 Å². The second-order valence-electron chi connectivity index (χ2n) is 6.92. The van der Waals surface area contributed by atoms with E-state index in [2.05, 4.69) is 26.2 Å². The highest BCUT2D eigenvalue weighted by molar-refractivity contribution is 5.80. The van der Waals surface area contributed by atoms with Crippen molar-refractivity contribution in [3.63, 3.8) is 0 Å². The van der Waals surface area contributed by atoms with Gasteiger partial charge in [-0.05, 0) is 12.1 Å². The van der Waals surface area contributed by atoms with E-state index in [1.54, 1.807) is 17.7 Å². The summed E-state index contributed by atoms with van der Waals surface area (Å²) in [4.78, 5) is 9.72. The average molecular weight is 397 g/mol. The van der Waals surface area contributed by atoms with Gasteiger partial charge in [0.05, 0.1) is 16.9 Å². The Kier molecular flexibility index (Phi) is 4.58. The summed E-state index contributed by atoms with van der Waals surface area (Å²) in [6.07, 6.45) is 4.48. The molecule has 3 aromatic rings. The monoisotopic (exact) mass is 397 g/mol. The Morgan fingerprint density at radius 3 is 2.66 bits per heavy atom. The predicted octanol–water partition coefficient (Wildman–Crippen LogP) is 2.45. The van der Waals surface area contributed by atoms with Gasteiger partial charge in [0, 0.05) is 50.9 Å². The number of nitrogens with zero attached hydrogens (tertiary/aromatic N) is 7. The highest BCUT2D eigenvalue weighted by Crippen LogP contribution is 2.40. The molecule has 0 aliphatic carbocycles. The first-order valence-electron chi connectivity index (χ1n) is 8.95. The molecule has 29 heavy (non-hydrogen) atoms. The van der Waals surface area contributed by atoms with Crippen LogP contribution in [-0.2, 0) is 12.7 Å². The van der Waals surface area contributed by atoms with E-state index in [0.29, 0.717) is 35.6 Å². The number of anilines is 1. The number of hydrogen-bond donors (Lipinski definition) is 1. The van der Waals surface area contributed by atoms with Gasteiger partial charge in [-0.1, -0.05) is 0 Å². The van der Waals surface area contributed by atoms with Crippen molar-refractivity contribution >= 4 is 5.69 Å². The second-order valence-corrected chi connectivity index (χ2v) is 6.92. The van der Waals surface area contributed by atoms with E-state index < -0.39 is 17.4 Å². The minimum atomic E-state index is -1.62. The number of aryl methyl sites for hydroxylation is 1. The van der Waals surface area contributed by atoms with Crippen LogP contribution in [0.1, 0.15) is 24.2 Å². The van der Waals surface area contributed by atoms with Gasteiger partial charge in [0.2, 0.25) is 0 Å². The van der Waals surface area contributed by atoms with Crippen LogP contribution < -0.4 is 4.90 Å². The molecule has 0 saturated carbocycles. The molecule has 4 heterocycles. The third-order valence-corrected chi connectivity index (χ3v) is 5.12. The summed E-state index contributed by atoms with van der Waals surface area (Å²) in [5.41, 5.74) is -0.0305. The van der Waals surface area contributed by atoms with E-state index in [-0.39, 0.29) is 18.7 Å². The minimum Gasteiger partial charge on any atom is -0.504 e. The standard InChI is InChI=1S/C19H17F2N7O/c1-27-11-25-26-18(27)19(21)3-6-28(7-4-19)16-12(9-22)2-5-23-15(16)13-8-14(29)17(20)24-10-13/h2,5,8,10-11,29H,3-4,6-7H2,1H3. The SMILES string of the molecule is Cn1cnnc1C1(F)CCN(c2c(C#N)ccnc2-c2cnc(F)c(O)c2)CC1. The number of piperidine rings is 1. The molecule has 148 valence electrons. The average Bonchev–Trinajstić information content (AvgIpc) is 3.17. The molecule has 0 bridgehead atoms. The zero-order valence-electron chi connectivity index (χ0n) is 15.5. The zero-order chi connectivity index (χ0) is 20.6. The molecule has 3 aromatic heterocycles. The summed E-state index contributed by atoms with van der Waals surface area (Å²) in [7, 11) is 1.70. The van der Waals surface area contributed by atoms with Gasteiger partial charge in [0.1, 0.15) is 12.4 Å². The molecule has 8 nitrogen and oxygen atoms in total. The largest absolute Gasteiger partial charge is 0.504 e. The van der Waals surface area contributed by atoms with Crippen LogP contribution >= 0.6 is 0 Å². The quantitative estimate of drug-likeness (QED) is 0.677. The number of aromatic hydroxyl groups is 1. The molecule has 10 heteroatoms. The Balaban J connectivity index is 1.70. The van der Waals surface area contributed by atoms with E-state index in [1.165, 1.54) is 24.8 Å². The van der Waals surface area contributed by atoms with Crippen LogP contribution in [0.25, 0.3) is 11.3 Å². The summed E-state index contributed by atoms with van der Waals surface area (Å²) in [6, 6.07) is 4.90. The third kappa shape index (κ3) is 3.24. The molecular weight excluding hydrogens is 380 g/mol. The Morgan fingerprint density at radius 2 is 2.03 bits per heavy atom. The summed E-state index contributed by atoms with van der Waals surface area (Å²) >= 11 is 0. The first-order chi connectivity index (χ1) is 13.9. The van der Waals surface area contributed by atoms with Crippen LogP contribution in [0.5, 0.6) is 5.75 Å². The smallest absolute Gasteiger partial charge is 0.255 e. The van der Waals surface area contributed by atoms with E-state index in [1.807, 2.05) is 4.90 Å². The number of hydrogen-bond acceptors (Lipinski definition) is 7. The van der Waals surface area contributed by atoms with Crippen LogP contribution in [0.4, 0.5) is 14.5 Å². The van der Waals surface area contributed by atoms with Crippen molar-refractivity contribution in [3.8, 4) is 23.1 Å². The molecular formula is C19H17F2N7O. The maximum Gasteiger partial charge on any atom is 0.255 e. The van der Waals surface area contributed by atoms with Crippen LogP contribution in [0.2, 0.25) is 0 Å². The van der Waals surface area contributed by atoms with Gasteiger partial charge in [0.15, 0.2) is 17.2 Å². The highest BCUT2D eigenvalue weighted by Gasteiger charge is 2.41. The zero-order valence-corrected chi connectivity index (χ0v) is 15.5. The molecule has 4 rings (SSSR count). The van der Waals surface area contributed by atoms with E-state index >= 15 is 4.39 Å². The summed E-state index contributed by atoms with van der Waals surface area (Å²) < 4.78 is 30.4. The Morgan fingerprint density at radius 1 is 1.28 bits per heavy atom. The molecule has 0 spiro atoms. The van der Waals surface area contributed by atoms with Crippen molar-refractivity contribution < 1.29 is 13.9 Å². The van der Waals surface area contributed by atoms with Gasteiger partial charge < -0.3 is 14.6 Å². The van der Waals surface area contributed by atoms with E-state index in [4.69, 9.17) is 0 Å². The topological polar surface area (TPSA) is 104 Å². The maximum absolute atomic E-state index is 15.5. The summed E-state index contributed by atoms with van der Waals surface area (Å²) in [6.45, 7) is 0.634. The molecule has 0 atom stereocenters. The lowest BCUT2D eigenvalue weighted by Crippen LogP contribution is -2.42. The van der Waals surface area contributed by atoms with Gasteiger partial charge in [-0.3, -0.25) is 4.98 Å². The van der Waals surface area contributed by atoms with Crippen LogP contribution in [-0.4, -0.2) is 42.9 Å². The van der Waals surface area contributed by atoms with E-state index in [9.17, 15) is 14.8 Å². The fourth-order valence-corrected chi connectivity index (χ4v) is 3.64. The predicted molar refractivity (Wildman–Crippen MR) is 99.0 cm³/mol. The first-order valence-corrected chi connectivity index (χ1v) is 8.95. The number of nitriles is 1. The summed E-state index contributed by atoms with van der Waals surface area (Å²) in [5.74, 6) is -1.33. The van der Waals surface area contributed by atoms with Crippen LogP contribution in [0, 0.1) is 17.3 Å². The molecule has 0 amide bonds. The molecule has 0 aromatic carbocycles. The van der Waals surface area contributed by atoms with Crippen LogP contribution in [0.15, 0.2) is 30.9 Å². The maximum atomic E-state index is 15.5. The number of pyridine rings is 2. The molecule has 1 aliphatic heterocycles. The molecule has 1 aliphatic rings. The number of rotatable bonds is 3. The third-order valence-electron chi connectivity index (χ3n) is 5.12. The molecule has 0 unspecified atom stereocenters.